The summed E-state index contributed by atoms with van der Waals surface area (Å²) in [5.74, 6) is -0.0941. The van der Waals surface area contributed by atoms with E-state index in [0.29, 0.717) is 5.56 Å². The Labute approximate surface area is 121 Å². The van der Waals surface area contributed by atoms with Crippen molar-refractivity contribution in [3.63, 3.8) is 0 Å². The van der Waals surface area contributed by atoms with Crippen molar-refractivity contribution >= 4 is 21.8 Å². The van der Waals surface area contributed by atoms with E-state index in [0.717, 1.165) is 30.2 Å². The van der Waals surface area contributed by atoms with Gasteiger partial charge in [-0.25, -0.2) is 4.39 Å². The number of hydrogen-bond acceptors (Lipinski definition) is 1. The highest BCUT2D eigenvalue weighted by Gasteiger charge is 2.19. The van der Waals surface area contributed by atoms with Crippen LogP contribution in [0, 0.1) is 11.7 Å². The van der Waals surface area contributed by atoms with Gasteiger partial charge in [0.2, 0.25) is 5.91 Å². The van der Waals surface area contributed by atoms with Crippen molar-refractivity contribution < 1.29 is 9.18 Å². The predicted octanol–water partition coefficient (Wildman–Crippen LogP) is 4.17. The van der Waals surface area contributed by atoms with Crippen LogP contribution in [0.2, 0.25) is 0 Å². The standard InChI is InChI=1S/C15H19BrFNO/c16-13-7-8-14(17)12(9-13)10-18-15(19)11-5-3-1-2-4-6-11/h7-9,11H,1-6,10H2,(H,18,19). The lowest BCUT2D eigenvalue weighted by atomic mass is 9.99. The van der Waals surface area contributed by atoms with E-state index in [2.05, 4.69) is 21.2 Å². The van der Waals surface area contributed by atoms with Crippen LogP contribution in [0.25, 0.3) is 0 Å². The minimum absolute atomic E-state index is 0.0706. The number of benzene rings is 1. The maximum atomic E-state index is 13.6. The summed E-state index contributed by atoms with van der Waals surface area (Å²) in [4.78, 5) is 12.1. The molecular weight excluding hydrogens is 309 g/mol. The lowest BCUT2D eigenvalue weighted by Gasteiger charge is -2.14. The predicted molar refractivity (Wildman–Crippen MR) is 77.1 cm³/mol. The third-order valence-electron chi connectivity index (χ3n) is 3.69. The average molecular weight is 328 g/mol. The molecule has 1 amide bonds. The zero-order valence-corrected chi connectivity index (χ0v) is 12.5. The lowest BCUT2D eigenvalue weighted by molar-refractivity contribution is -0.125. The van der Waals surface area contributed by atoms with Crippen LogP contribution in [0.3, 0.4) is 0 Å². The van der Waals surface area contributed by atoms with Gasteiger partial charge in [0.1, 0.15) is 5.82 Å². The van der Waals surface area contributed by atoms with Gasteiger partial charge in [0.15, 0.2) is 0 Å². The molecule has 2 nitrogen and oxygen atoms in total. The van der Waals surface area contributed by atoms with E-state index in [1.165, 1.54) is 18.9 Å². The number of hydrogen-bond donors (Lipinski definition) is 1. The zero-order valence-electron chi connectivity index (χ0n) is 10.9. The number of nitrogens with one attached hydrogen (secondary N) is 1. The number of carbonyl (C=O) groups is 1. The highest BCUT2D eigenvalue weighted by Crippen LogP contribution is 2.23. The first kappa shape index (κ1) is 14.5. The van der Waals surface area contributed by atoms with Crippen molar-refractivity contribution in [2.75, 3.05) is 0 Å². The summed E-state index contributed by atoms with van der Waals surface area (Å²) in [5, 5.41) is 2.86. The Hall–Kier alpha value is -0.900. The Balaban J connectivity index is 1.90. The van der Waals surface area contributed by atoms with Crippen molar-refractivity contribution in [3.8, 4) is 0 Å². The van der Waals surface area contributed by atoms with E-state index in [-0.39, 0.29) is 24.2 Å². The molecule has 0 aromatic heterocycles. The molecule has 1 N–H and O–H groups in total. The fraction of sp³-hybridized carbons (Fsp3) is 0.533. The Morgan fingerprint density at radius 3 is 2.63 bits per heavy atom. The lowest BCUT2D eigenvalue weighted by Crippen LogP contribution is -2.30. The van der Waals surface area contributed by atoms with Crippen LogP contribution in [-0.2, 0) is 11.3 Å². The Morgan fingerprint density at radius 2 is 1.95 bits per heavy atom. The maximum Gasteiger partial charge on any atom is 0.223 e. The summed E-state index contributed by atoms with van der Waals surface area (Å²) in [5.41, 5.74) is 0.524. The van der Waals surface area contributed by atoms with Gasteiger partial charge in [-0.15, -0.1) is 0 Å². The molecule has 1 aromatic rings. The highest BCUT2D eigenvalue weighted by molar-refractivity contribution is 9.10. The molecule has 0 spiro atoms. The summed E-state index contributed by atoms with van der Waals surface area (Å²) in [6.07, 6.45) is 6.64. The zero-order chi connectivity index (χ0) is 13.7. The molecule has 104 valence electrons. The van der Waals surface area contributed by atoms with E-state index < -0.39 is 0 Å². The van der Waals surface area contributed by atoms with Gasteiger partial charge in [0.25, 0.3) is 0 Å². The molecule has 0 unspecified atom stereocenters. The second kappa shape index (κ2) is 7.04. The molecule has 2 rings (SSSR count). The molecular formula is C15H19BrFNO. The van der Waals surface area contributed by atoms with Crippen LogP contribution < -0.4 is 5.32 Å². The first-order valence-corrected chi connectivity index (χ1v) is 7.68. The van der Waals surface area contributed by atoms with Gasteiger partial charge in [-0.1, -0.05) is 41.6 Å². The number of halogens is 2. The van der Waals surface area contributed by atoms with Crippen molar-refractivity contribution in [1.82, 2.24) is 5.32 Å². The Bertz CT molecular complexity index is 442. The van der Waals surface area contributed by atoms with E-state index in [9.17, 15) is 9.18 Å². The van der Waals surface area contributed by atoms with Gasteiger partial charge >= 0.3 is 0 Å². The van der Waals surface area contributed by atoms with Crippen LogP contribution in [0.1, 0.15) is 44.1 Å². The second-order valence-electron chi connectivity index (χ2n) is 5.14. The third kappa shape index (κ3) is 4.30. The van der Waals surface area contributed by atoms with Crippen molar-refractivity contribution in [3.05, 3.63) is 34.1 Å². The monoisotopic (exact) mass is 327 g/mol. The molecule has 0 aliphatic heterocycles. The summed E-state index contributed by atoms with van der Waals surface area (Å²) < 4.78 is 14.4. The smallest absolute Gasteiger partial charge is 0.223 e. The van der Waals surface area contributed by atoms with Crippen LogP contribution >= 0.6 is 15.9 Å². The quantitative estimate of drug-likeness (QED) is 0.829. The van der Waals surface area contributed by atoms with Gasteiger partial charge < -0.3 is 5.32 Å². The largest absolute Gasteiger partial charge is 0.352 e. The minimum atomic E-state index is -0.274. The minimum Gasteiger partial charge on any atom is -0.352 e. The SMILES string of the molecule is O=C(NCc1cc(Br)ccc1F)C1CCCCCC1. The molecule has 1 saturated carbocycles. The highest BCUT2D eigenvalue weighted by atomic mass is 79.9. The topological polar surface area (TPSA) is 29.1 Å². The van der Waals surface area contributed by atoms with Gasteiger partial charge in [-0.2, -0.15) is 0 Å². The average Bonchev–Trinajstić information content (AvgIpc) is 2.68. The number of carbonyl (C=O) groups excluding carboxylic acids is 1. The molecule has 1 fully saturated rings. The molecule has 1 aromatic carbocycles. The fourth-order valence-electron chi connectivity index (χ4n) is 2.55. The summed E-state index contributed by atoms with van der Waals surface area (Å²) in [6.45, 7) is 0.264. The fourth-order valence-corrected chi connectivity index (χ4v) is 2.96. The van der Waals surface area contributed by atoms with Crippen molar-refractivity contribution in [1.29, 1.82) is 0 Å². The Morgan fingerprint density at radius 1 is 1.26 bits per heavy atom. The van der Waals surface area contributed by atoms with E-state index in [1.54, 1.807) is 12.1 Å². The first-order chi connectivity index (χ1) is 9.16. The molecule has 0 bridgehead atoms. The van der Waals surface area contributed by atoms with E-state index in [4.69, 9.17) is 0 Å². The van der Waals surface area contributed by atoms with Gasteiger partial charge in [-0.3, -0.25) is 4.79 Å². The van der Waals surface area contributed by atoms with Crippen molar-refractivity contribution in [2.24, 2.45) is 5.92 Å². The van der Waals surface area contributed by atoms with Crippen molar-refractivity contribution in [2.45, 2.75) is 45.1 Å². The summed E-state index contributed by atoms with van der Waals surface area (Å²) in [6, 6.07) is 4.78. The summed E-state index contributed by atoms with van der Waals surface area (Å²) >= 11 is 3.31. The van der Waals surface area contributed by atoms with Gasteiger partial charge in [-0.05, 0) is 31.0 Å². The molecule has 19 heavy (non-hydrogen) atoms. The van der Waals surface area contributed by atoms with Crippen LogP contribution in [-0.4, -0.2) is 5.91 Å². The number of amides is 1. The summed E-state index contributed by atoms with van der Waals surface area (Å²) in [7, 11) is 0. The van der Waals surface area contributed by atoms with Crippen LogP contribution in [0.5, 0.6) is 0 Å². The molecule has 1 aliphatic carbocycles. The molecule has 0 heterocycles. The van der Waals surface area contributed by atoms with Gasteiger partial charge in [0, 0.05) is 22.5 Å². The number of rotatable bonds is 3. The van der Waals surface area contributed by atoms with Crippen LogP contribution in [0.4, 0.5) is 4.39 Å². The molecule has 0 radical (unpaired) electrons. The first-order valence-electron chi connectivity index (χ1n) is 6.88. The van der Waals surface area contributed by atoms with Crippen LogP contribution in [0.15, 0.2) is 22.7 Å². The molecule has 0 atom stereocenters. The van der Waals surface area contributed by atoms with E-state index >= 15 is 0 Å². The second-order valence-corrected chi connectivity index (χ2v) is 6.06. The Kier molecular flexibility index (Phi) is 5.37. The van der Waals surface area contributed by atoms with E-state index in [1.807, 2.05) is 0 Å². The van der Waals surface area contributed by atoms with Gasteiger partial charge in [0.05, 0.1) is 0 Å². The third-order valence-corrected chi connectivity index (χ3v) is 4.18. The molecule has 0 saturated heterocycles. The maximum absolute atomic E-state index is 13.6. The molecule has 1 aliphatic rings. The normalized spacial score (nSPS) is 16.9. The molecule has 4 heteroatoms.